The maximum Gasteiger partial charge on any atom is 0.244 e. The Balaban J connectivity index is 1.49. The standard InChI is InChI=1S/C23H28Cl2N8O3S/c1-2-14-15(10-33-13-30-18-20(26)28-12-29-21(18)33)19(17(25)9-16(14)24)32-4-3-23(27,11-32)22(34)31-5-7-37(35,36)8-6-31/h9,12-13H,2-8,10-11,27H2,1H3,(H2,26,28,29)/t23-/m1/s1. The third-order valence-electron chi connectivity index (χ3n) is 7.20. The number of hydrogen-bond donors (Lipinski definition) is 2. The maximum atomic E-state index is 13.4. The third-order valence-corrected chi connectivity index (χ3v) is 9.44. The number of imidazole rings is 1. The van der Waals surface area contributed by atoms with E-state index >= 15 is 0 Å². The lowest BCUT2D eigenvalue weighted by molar-refractivity contribution is -0.135. The van der Waals surface area contributed by atoms with Crippen LogP contribution in [0.3, 0.4) is 0 Å². The zero-order valence-electron chi connectivity index (χ0n) is 20.3. The van der Waals surface area contributed by atoms with E-state index < -0.39 is 15.4 Å². The molecule has 2 fully saturated rings. The number of carbonyl (C=O) groups is 1. The molecule has 11 nitrogen and oxygen atoms in total. The summed E-state index contributed by atoms with van der Waals surface area (Å²) in [6.45, 7) is 3.45. The molecule has 1 atom stereocenters. The summed E-state index contributed by atoms with van der Waals surface area (Å²) in [4.78, 5) is 29.7. The van der Waals surface area contributed by atoms with Crippen molar-refractivity contribution in [3.05, 3.63) is 39.9 Å². The number of carbonyl (C=O) groups excluding carboxylic acids is 1. The summed E-state index contributed by atoms with van der Waals surface area (Å²) >= 11 is 13.4. The van der Waals surface area contributed by atoms with E-state index in [2.05, 4.69) is 15.0 Å². The summed E-state index contributed by atoms with van der Waals surface area (Å²) in [7, 11) is -3.11. The van der Waals surface area contributed by atoms with Crippen LogP contribution in [0.5, 0.6) is 0 Å². The molecule has 1 amide bonds. The number of nitrogens with zero attached hydrogens (tertiary/aromatic N) is 6. The molecule has 0 aliphatic carbocycles. The minimum atomic E-state index is -3.11. The van der Waals surface area contributed by atoms with Gasteiger partial charge in [0.1, 0.15) is 17.4 Å². The fourth-order valence-electron chi connectivity index (χ4n) is 5.21. The molecule has 0 spiro atoms. The number of halogens is 2. The lowest BCUT2D eigenvalue weighted by Crippen LogP contribution is -2.59. The van der Waals surface area contributed by atoms with Gasteiger partial charge in [-0.25, -0.2) is 23.4 Å². The summed E-state index contributed by atoms with van der Waals surface area (Å²) in [5, 5.41) is 1.00. The number of benzene rings is 1. The number of rotatable bonds is 5. The molecule has 2 aliphatic heterocycles. The van der Waals surface area contributed by atoms with E-state index in [1.54, 1.807) is 17.3 Å². The molecule has 0 bridgehead atoms. The van der Waals surface area contributed by atoms with E-state index in [4.69, 9.17) is 34.7 Å². The Bertz CT molecular complexity index is 1480. The van der Waals surface area contributed by atoms with Crippen LogP contribution in [0.4, 0.5) is 11.5 Å². The van der Waals surface area contributed by atoms with Gasteiger partial charge in [-0.15, -0.1) is 0 Å². The van der Waals surface area contributed by atoms with Crippen molar-refractivity contribution in [2.24, 2.45) is 5.73 Å². The van der Waals surface area contributed by atoms with Crippen molar-refractivity contribution in [1.29, 1.82) is 0 Å². The van der Waals surface area contributed by atoms with Crippen LogP contribution in [-0.4, -0.2) is 82.0 Å². The van der Waals surface area contributed by atoms with E-state index in [0.29, 0.717) is 53.0 Å². The molecule has 198 valence electrons. The molecule has 37 heavy (non-hydrogen) atoms. The molecular formula is C23H28Cl2N8O3S. The topological polar surface area (TPSA) is 153 Å². The molecule has 4 N–H and O–H groups in total. The predicted molar refractivity (Wildman–Crippen MR) is 144 cm³/mol. The van der Waals surface area contributed by atoms with Crippen LogP contribution in [0.15, 0.2) is 18.7 Å². The Morgan fingerprint density at radius 3 is 2.54 bits per heavy atom. The number of aromatic nitrogens is 4. The van der Waals surface area contributed by atoms with Crippen molar-refractivity contribution >= 4 is 61.6 Å². The first-order valence-electron chi connectivity index (χ1n) is 12.0. The van der Waals surface area contributed by atoms with E-state index in [9.17, 15) is 13.2 Å². The predicted octanol–water partition coefficient (Wildman–Crippen LogP) is 1.49. The first-order valence-corrected chi connectivity index (χ1v) is 14.6. The van der Waals surface area contributed by atoms with Crippen molar-refractivity contribution in [3.63, 3.8) is 0 Å². The first-order chi connectivity index (χ1) is 17.5. The van der Waals surface area contributed by atoms with Gasteiger partial charge in [0.15, 0.2) is 21.3 Å². The van der Waals surface area contributed by atoms with Gasteiger partial charge in [-0.2, -0.15) is 0 Å². The third kappa shape index (κ3) is 4.71. The quantitative estimate of drug-likeness (QED) is 0.467. The minimum absolute atomic E-state index is 0.0432. The van der Waals surface area contributed by atoms with Crippen molar-refractivity contribution in [1.82, 2.24) is 24.4 Å². The molecule has 0 saturated carbocycles. The van der Waals surface area contributed by atoms with Crippen molar-refractivity contribution in [2.45, 2.75) is 31.8 Å². The number of nitrogen functional groups attached to an aromatic ring is 1. The van der Waals surface area contributed by atoms with Crippen LogP contribution in [0.1, 0.15) is 24.5 Å². The molecule has 1 aromatic carbocycles. The van der Waals surface area contributed by atoms with Gasteiger partial charge in [-0.3, -0.25) is 4.79 Å². The van der Waals surface area contributed by atoms with Crippen molar-refractivity contribution in [3.8, 4) is 0 Å². The van der Waals surface area contributed by atoms with Gasteiger partial charge in [0.05, 0.1) is 35.1 Å². The molecule has 2 saturated heterocycles. The van der Waals surface area contributed by atoms with Gasteiger partial charge in [0, 0.05) is 36.8 Å². The van der Waals surface area contributed by atoms with Gasteiger partial charge in [0.2, 0.25) is 5.91 Å². The zero-order valence-corrected chi connectivity index (χ0v) is 22.7. The number of sulfone groups is 1. The highest BCUT2D eigenvalue weighted by Gasteiger charge is 2.45. The monoisotopic (exact) mass is 566 g/mol. The lowest BCUT2D eigenvalue weighted by Gasteiger charge is -2.34. The highest BCUT2D eigenvalue weighted by Crippen LogP contribution is 2.41. The van der Waals surface area contributed by atoms with Crippen LogP contribution in [0.25, 0.3) is 11.2 Å². The summed E-state index contributed by atoms with van der Waals surface area (Å²) < 4.78 is 25.5. The molecule has 14 heteroatoms. The van der Waals surface area contributed by atoms with Crippen LogP contribution in [-0.2, 0) is 27.6 Å². The average molecular weight is 568 g/mol. The highest BCUT2D eigenvalue weighted by molar-refractivity contribution is 7.91. The van der Waals surface area contributed by atoms with Gasteiger partial charge in [-0.1, -0.05) is 30.1 Å². The van der Waals surface area contributed by atoms with E-state index in [1.807, 2.05) is 16.4 Å². The van der Waals surface area contributed by atoms with Crippen LogP contribution < -0.4 is 16.4 Å². The smallest absolute Gasteiger partial charge is 0.244 e. The Morgan fingerprint density at radius 2 is 1.84 bits per heavy atom. The second-order valence-corrected chi connectivity index (χ2v) is 12.7. The first kappa shape index (κ1) is 26.0. The number of anilines is 2. The summed E-state index contributed by atoms with van der Waals surface area (Å²) in [5.74, 6) is -0.0305. The van der Waals surface area contributed by atoms with E-state index in [-0.39, 0.29) is 37.0 Å². The molecule has 5 rings (SSSR count). The molecule has 0 unspecified atom stereocenters. The van der Waals surface area contributed by atoms with Gasteiger partial charge in [0.25, 0.3) is 0 Å². The van der Waals surface area contributed by atoms with Crippen LogP contribution in [0.2, 0.25) is 10.0 Å². The molecular weight excluding hydrogens is 539 g/mol. The fraction of sp³-hybridized carbons (Fsp3) is 0.478. The zero-order chi connectivity index (χ0) is 26.5. The van der Waals surface area contributed by atoms with Crippen LogP contribution in [0, 0.1) is 0 Å². The Kier molecular flexibility index (Phi) is 6.71. The Labute approximate surface area is 224 Å². The maximum absolute atomic E-state index is 13.4. The summed E-state index contributed by atoms with van der Waals surface area (Å²) in [5.41, 5.74) is 15.1. The van der Waals surface area contributed by atoms with Gasteiger partial charge in [-0.05, 0) is 24.5 Å². The molecule has 4 heterocycles. The molecule has 3 aromatic rings. The van der Waals surface area contributed by atoms with Crippen molar-refractivity contribution in [2.75, 3.05) is 48.3 Å². The number of fused-ring (bicyclic) bond motifs is 1. The number of nitrogens with two attached hydrogens (primary N) is 2. The SMILES string of the molecule is CCc1c(Cl)cc(Cl)c(N2CC[C@](N)(C(=O)N3CCS(=O)(=O)CC3)C2)c1Cn1cnc2c(N)ncnc21. The molecule has 0 radical (unpaired) electrons. The van der Waals surface area contributed by atoms with Crippen molar-refractivity contribution < 1.29 is 13.2 Å². The number of amides is 1. The Hall–Kier alpha value is -2.67. The average Bonchev–Trinajstić information content (AvgIpc) is 3.44. The second-order valence-electron chi connectivity index (χ2n) is 9.57. The van der Waals surface area contributed by atoms with Gasteiger partial charge >= 0.3 is 0 Å². The van der Waals surface area contributed by atoms with E-state index in [0.717, 1.165) is 16.8 Å². The number of hydrogen-bond acceptors (Lipinski definition) is 9. The van der Waals surface area contributed by atoms with Gasteiger partial charge < -0.3 is 25.8 Å². The molecule has 2 aromatic heterocycles. The second kappa shape index (κ2) is 9.57. The largest absolute Gasteiger partial charge is 0.382 e. The highest BCUT2D eigenvalue weighted by atomic mass is 35.5. The Morgan fingerprint density at radius 1 is 1.11 bits per heavy atom. The normalized spacial score (nSPS) is 21.6. The minimum Gasteiger partial charge on any atom is -0.382 e. The fourth-order valence-corrected chi connectivity index (χ4v) is 7.16. The molecule has 2 aliphatic rings. The van der Waals surface area contributed by atoms with E-state index in [1.165, 1.54) is 6.33 Å². The van der Waals surface area contributed by atoms with Crippen LogP contribution >= 0.6 is 23.2 Å². The summed E-state index contributed by atoms with van der Waals surface area (Å²) in [6.07, 6.45) is 4.11. The lowest BCUT2D eigenvalue weighted by atomic mass is 9.97. The summed E-state index contributed by atoms with van der Waals surface area (Å²) in [6, 6.07) is 1.72.